The van der Waals surface area contributed by atoms with Gasteiger partial charge in [0.05, 0.1) is 16.3 Å². The number of thiocarbonyl (C=S) groups is 1. The molecule has 0 bridgehead atoms. The largest absolute Gasteiger partial charge is 0.343 e. The molecule has 0 spiro atoms. The number of aromatic nitrogens is 1. The lowest BCUT2D eigenvalue weighted by atomic mass is 10.3. The van der Waals surface area contributed by atoms with E-state index in [0.717, 1.165) is 16.2 Å². The van der Waals surface area contributed by atoms with Gasteiger partial charge >= 0.3 is 0 Å². The third-order valence-corrected chi connectivity index (χ3v) is 5.26. The van der Waals surface area contributed by atoms with E-state index in [9.17, 15) is 4.39 Å². The Labute approximate surface area is 143 Å². The van der Waals surface area contributed by atoms with Crippen LogP contribution in [0.1, 0.15) is 18.0 Å². The third-order valence-electron chi connectivity index (χ3n) is 3.66. The molecule has 3 nitrogen and oxygen atoms in total. The molecule has 0 aliphatic heterocycles. The second-order valence-electron chi connectivity index (χ2n) is 5.24. The fraction of sp³-hybridized carbons (Fsp3) is 0.176. The molecule has 1 atom stereocenters. The summed E-state index contributed by atoms with van der Waals surface area (Å²) < 4.78 is 14.1. The smallest absolute Gasteiger partial charge is 0.173 e. The monoisotopic (exact) mass is 345 g/mol. The molecule has 0 saturated heterocycles. The van der Waals surface area contributed by atoms with E-state index in [2.05, 4.69) is 23.3 Å². The average molecular weight is 345 g/mol. The Kier molecular flexibility index (Phi) is 4.54. The Morgan fingerprint density at radius 1 is 1.22 bits per heavy atom. The van der Waals surface area contributed by atoms with Crippen molar-refractivity contribution in [1.82, 2.24) is 9.88 Å². The quantitative estimate of drug-likeness (QED) is 0.689. The van der Waals surface area contributed by atoms with Crippen LogP contribution in [0.5, 0.6) is 0 Å². The second-order valence-corrected chi connectivity index (χ2v) is 6.69. The maximum Gasteiger partial charge on any atom is 0.173 e. The summed E-state index contributed by atoms with van der Waals surface area (Å²) in [6, 6.07) is 14.3. The van der Waals surface area contributed by atoms with Gasteiger partial charge in [-0.15, -0.1) is 11.3 Å². The molecule has 1 heterocycles. The maximum atomic E-state index is 13.0. The zero-order valence-electron chi connectivity index (χ0n) is 12.8. The van der Waals surface area contributed by atoms with Crippen molar-refractivity contribution in [1.29, 1.82) is 0 Å². The van der Waals surface area contributed by atoms with E-state index in [0.29, 0.717) is 5.11 Å². The minimum absolute atomic E-state index is 0.0489. The van der Waals surface area contributed by atoms with Crippen LogP contribution in [0, 0.1) is 5.82 Å². The van der Waals surface area contributed by atoms with Crippen molar-refractivity contribution in [2.45, 2.75) is 13.0 Å². The summed E-state index contributed by atoms with van der Waals surface area (Å²) in [4.78, 5) is 6.63. The molecule has 2 aromatic carbocycles. The van der Waals surface area contributed by atoms with Gasteiger partial charge in [-0.3, -0.25) is 0 Å². The molecule has 0 amide bonds. The van der Waals surface area contributed by atoms with E-state index in [4.69, 9.17) is 12.2 Å². The lowest BCUT2D eigenvalue weighted by molar-refractivity contribution is 0.407. The normalized spacial score (nSPS) is 12.1. The van der Waals surface area contributed by atoms with Crippen LogP contribution in [0.15, 0.2) is 48.5 Å². The molecule has 0 fully saturated rings. The highest BCUT2D eigenvalue weighted by molar-refractivity contribution is 7.80. The van der Waals surface area contributed by atoms with Gasteiger partial charge < -0.3 is 10.2 Å². The molecule has 0 aliphatic carbocycles. The van der Waals surface area contributed by atoms with Crippen LogP contribution in [0.25, 0.3) is 10.2 Å². The van der Waals surface area contributed by atoms with Gasteiger partial charge in [0.25, 0.3) is 0 Å². The number of nitrogens with one attached hydrogen (secondary N) is 1. The summed E-state index contributed by atoms with van der Waals surface area (Å²) in [5.41, 5.74) is 1.77. The molecule has 1 aromatic heterocycles. The van der Waals surface area contributed by atoms with Gasteiger partial charge in [0.2, 0.25) is 0 Å². The van der Waals surface area contributed by atoms with Gasteiger partial charge in [0.15, 0.2) is 5.11 Å². The molecule has 3 rings (SSSR count). The van der Waals surface area contributed by atoms with Crippen LogP contribution in [0.4, 0.5) is 10.1 Å². The number of halogens is 1. The summed E-state index contributed by atoms with van der Waals surface area (Å²) in [7, 11) is 1.93. The lowest BCUT2D eigenvalue weighted by Crippen LogP contribution is -2.33. The summed E-state index contributed by atoms with van der Waals surface area (Å²) in [6.45, 7) is 2.07. The molecule has 0 unspecified atom stereocenters. The van der Waals surface area contributed by atoms with Crippen LogP contribution in [-0.4, -0.2) is 22.0 Å². The summed E-state index contributed by atoms with van der Waals surface area (Å²) >= 11 is 7.12. The van der Waals surface area contributed by atoms with Crippen molar-refractivity contribution in [3.05, 3.63) is 59.4 Å². The topological polar surface area (TPSA) is 28.2 Å². The number of benzene rings is 2. The number of thiazole rings is 1. The van der Waals surface area contributed by atoms with Crippen LogP contribution in [0.3, 0.4) is 0 Å². The first-order valence-electron chi connectivity index (χ1n) is 7.19. The number of fused-ring (bicyclic) bond motifs is 1. The lowest BCUT2D eigenvalue weighted by Gasteiger charge is -2.26. The van der Waals surface area contributed by atoms with Gasteiger partial charge in [-0.05, 0) is 55.5 Å². The second kappa shape index (κ2) is 6.60. The van der Waals surface area contributed by atoms with Crippen molar-refractivity contribution in [3.8, 4) is 0 Å². The average Bonchev–Trinajstić information content (AvgIpc) is 2.99. The Morgan fingerprint density at radius 3 is 2.61 bits per heavy atom. The highest BCUT2D eigenvalue weighted by atomic mass is 32.1. The predicted molar refractivity (Wildman–Crippen MR) is 98.4 cm³/mol. The predicted octanol–water partition coefficient (Wildman–Crippen LogP) is 4.83. The molecular weight excluding hydrogens is 329 g/mol. The SMILES string of the molecule is C[C@H](c1nc2ccccc2s1)N(C)C(=S)Nc1ccc(F)cc1. The van der Waals surface area contributed by atoms with Crippen LogP contribution in [-0.2, 0) is 0 Å². The third kappa shape index (κ3) is 3.48. The number of hydrogen-bond donors (Lipinski definition) is 1. The first-order valence-corrected chi connectivity index (χ1v) is 8.42. The zero-order chi connectivity index (χ0) is 16.4. The van der Waals surface area contributed by atoms with E-state index in [1.807, 2.05) is 30.1 Å². The van der Waals surface area contributed by atoms with Gasteiger partial charge in [-0.2, -0.15) is 0 Å². The molecule has 0 saturated carbocycles. The van der Waals surface area contributed by atoms with Crippen molar-refractivity contribution >= 4 is 44.6 Å². The van der Waals surface area contributed by atoms with E-state index in [-0.39, 0.29) is 11.9 Å². The van der Waals surface area contributed by atoms with Crippen LogP contribution >= 0.6 is 23.6 Å². The van der Waals surface area contributed by atoms with Crippen molar-refractivity contribution in [3.63, 3.8) is 0 Å². The Balaban J connectivity index is 1.74. The van der Waals surface area contributed by atoms with E-state index in [1.165, 1.54) is 16.8 Å². The minimum Gasteiger partial charge on any atom is -0.343 e. The van der Waals surface area contributed by atoms with Gasteiger partial charge in [-0.1, -0.05) is 12.1 Å². The van der Waals surface area contributed by atoms with Gasteiger partial charge in [-0.25, -0.2) is 9.37 Å². The fourth-order valence-electron chi connectivity index (χ4n) is 2.16. The number of para-hydroxylation sites is 1. The standard InChI is InChI=1S/C17H16FN3S2/c1-11(16-20-14-5-3-4-6-15(14)23-16)21(2)17(22)19-13-9-7-12(18)8-10-13/h3-11H,1-2H3,(H,19,22)/t11-/m1/s1. The number of hydrogen-bond acceptors (Lipinski definition) is 3. The Morgan fingerprint density at radius 2 is 1.91 bits per heavy atom. The molecular formula is C17H16FN3S2. The number of nitrogens with zero attached hydrogens (tertiary/aromatic N) is 2. The Bertz CT molecular complexity index is 796. The highest BCUT2D eigenvalue weighted by Gasteiger charge is 2.18. The van der Waals surface area contributed by atoms with Gasteiger partial charge in [0.1, 0.15) is 10.8 Å². The van der Waals surface area contributed by atoms with E-state index >= 15 is 0 Å². The molecule has 3 aromatic rings. The first kappa shape index (κ1) is 15.8. The molecule has 1 N–H and O–H groups in total. The van der Waals surface area contributed by atoms with Crippen molar-refractivity contribution in [2.75, 3.05) is 12.4 Å². The summed E-state index contributed by atoms with van der Waals surface area (Å²) in [6.07, 6.45) is 0. The molecule has 0 radical (unpaired) electrons. The van der Waals surface area contributed by atoms with Crippen molar-refractivity contribution in [2.24, 2.45) is 0 Å². The summed E-state index contributed by atoms with van der Waals surface area (Å²) in [5.74, 6) is -0.266. The number of rotatable bonds is 3. The number of anilines is 1. The minimum atomic E-state index is -0.266. The van der Waals surface area contributed by atoms with E-state index < -0.39 is 0 Å². The molecule has 118 valence electrons. The molecule has 6 heteroatoms. The fourth-order valence-corrected chi connectivity index (χ4v) is 3.49. The van der Waals surface area contributed by atoms with Crippen LogP contribution < -0.4 is 5.32 Å². The molecule has 23 heavy (non-hydrogen) atoms. The summed E-state index contributed by atoms with van der Waals surface area (Å²) in [5, 5.41) is 4.70. The highest BCUT2D eigenvalue weighted by Crippen LogP contribution is 2.29. The first-order chi connectivity index (χ1) is 11.0. The van der Waals surface area contributed by atoms with Crippen molar-refractivity contribution < 1.29 is 4.39 Å². The van der Waals surface area contributed by atoms with Gasteiger partial charge in [0, 0.05) is 12.7 Å². The zero-order valence-corrected chi connectivity index (χ0v) is 14.4. The van der Waals surface area contributed by atoms with Crippen LogP contribution in [0.2, 0.25) is 0 Å². The maximum absolute atomic E-state index is 13.0. The molecule has 0 aliphatic rings. The Hall–Kier alpha value is -2.05. The van der Waals surface area contributed by atoms with E-state index in [1.54, 1.807) is 23.5 Å².